The maximum Gasteiger partial charge on any atom is 0.354 e. The molecule has 0 amide bonds. The molecule has 0 aromatic carbocycles. The van der Waals surface area contributed by atoms with Crippen molar-refractivity contribution in [1.82, 2.24) is 14.8 Å². The Morgan fingerprint density at radius 3 is 3.00 bits per heavy atom. The number of carboxylic acids is 1. The van der Waals surface area contributed by atoms with Crippen molar-refractivity contribution in [3.63, 3.8) is 0 Å². The fraction of sp³-hybridized carbons (Fsp3) is 0.571. The summed E-state index contributed by atoms with van der Waals surface area (Å²) in [6, 6.07) is 5.75. The standard InChI is InChI=1S/C14H21N3O2/c1-16(2)10-12-6-4-8-17(12)9-11-5-3-7-13(15-11)14(18)19/h3,5,7,12H,4,6,8-10H2,1-2H3,(H,18,19). The Bertz CT molecular complexity index is 448. The zero-order chi connectivity index (χ0) is 13.8. The number of carbonyl (C=O) groups is 1. The first-order valence-corrected chi connectivity index (χ1v) is 6.64. The van der Waals surface area contributed by atoms with E-state index in [9.17, 15) is 4.79 Å². The van der Waals surface area contributed by atoms with Gasteiger partial charge in [-0.3, -0.25) is 4.90 Å². The summed E-state index contributed by atoms with van der Waals surface area (Å²) in [5, 5.41) is 8.96. The van der Waals surface area contributed by atoms with E-state index < -0.39 is 5.97 Å². The number of hydrogen-bond acceptors (Lipinski definition) is 4. The lowest BCUT2D eigenvalue weighted by Crippen LogP contribution is -2.37. The van der Waals surface area contributed by atoms with E-state index in [4.69, 9.17) is 5.11 Å². The maximum atomic E-state index is 10.9. The van der Waals surface area contributed by atoms with Gasteiger partial charge in [-0.2, -0.15) is 0 Å². The third-order valence-corrected chi connectivity index (χ3v) is 3.47. The molecule has 1 aromatic heterocycles. The van der Waals surface area contributed by atoms with Gasteiger partial charge in [0.1, 0.15) is 5.69 Å². The van der Waals surface area contributed by atoms with Crippen molar-refractivity contribution < 1.29 is 9.90 Å². The Balaban J connectivity index is 2.03. The second kappa shape index (κ2) is 6.12. The number of aromatic nitrogens is 1. The molecule has 1 unspecified atom stereocenters. The summed E-state index contributed by atoms with van der Waals surface area (Å²) in [6.45, 7) is 2.84. The smallest absolute Gasteiger partial charge is 0.354 e. The molecule has 1 atom stereocenters. The molecule has 2 heterocycles. The second-order valence-electron chi connectivity index (χ2n) is 5.35. The summed E-state index contributed by atoms with van der Waals surface area (Å²) >= 11 is 0. The van der Waals surface area contributed by atoms with Crippen LogP contribution >= 0.6 is 0 Å². The van der Waals surface area contributed by atoms with Crippen LogP contribution in [0.25, 0.3) is 0 Å². The van der Waals surface area contributed by atoms with Crippen LogP contribution in [0.2, 0.25) is 0 Å². The van der Waals surface area contributed by atoms with Crippen molar-refractivity contribution in [3.05, 3.63) is 29.6 Å². The van der Waals surface area contributed by atoms with Gasteiger partial charge in [-0.15, -0.1) is 0 Å². The third-order valence-electron chi connectivity index (χ3n) is 3.47. The fourth-order valence-electron chi connectivity index (χ4n) is 2.63. The van der Waals surface area contributed by atoms with Crippen molar-refractivity contribution in [1.29, 1.82) is 0 Å². The highest BCUT2D eigenvalue weighted by molar-refractivity contribution is 5.85. The van der Waals surface area contributed by atoms with Crippen LogP contribution in [0.5, 0.6) is 0 Å². The van der Waals surface area contributed by atoms with Gasteiger partial charge in [0.25, 0.3) is 0 Å². The van der Waals surface area contributed by atoms with Crippen LogP contribution < -0.4 is 0 Å². The minimum absolute atomic E-state index is 0.126. The van der Waals surface area contributed by atoms with Crippen LogP contribution in [0.3, 0.4) is 0 Å². The lowest BCUT2D eigenvalue weighted by Gasteiger charge is -2.26. The molecule has 0 spiro atoms. The van der Waals surface area contributed by atoms with Crippen molar-refractivity contribution in [3.8, 4) is 0 Å². The average Bonchev–Trinajstić information content (AvgIpc) is 2.76. The average molecular weight is 263 g/mol. The van der Waals surface area contributed by atoms with Crippen molar-refractivity contribution in [2.24, 2.45) is 0 Å². The number of rotatable bonds is 5. The fourth-order valence-corrected chi connectivity index (χ4v) is 2.63. The predicted molar refractivity (Wildman–Crippen MR) is 73.2 cm³/mol. The largest absolute Gasteiger partial charge is 0.477 e. The molecule has 2 rings (SSSR count). The van der Waals surface area contributed by atoms with Gasteiger partial charge < -0.3 is 10.0 Å². The van der Waals surface area contributed by atoms with E-state index >= 15 is 0 Å². The van der Waals surface area contributed by atoms with Crippen LogP contribution in [-0.4, -0.2) is 59.1 Å². The number of pyridine rings is 1. The Hall–Kier alpha value is -1.46. The van der Waals surface area contributed by atoms with Crippen LogP contribution in [0.4, 0.5) is 0 Å². The van der Waals surface area contributed by atoms with Crippen molar-refractivity contribution in [2.45, 2.75) is 25.4 Å². The molecule has 1 N–H and O–H groups in total. The topological polar surface area (TPSA) is 56.7 Å². The third kappa shape index (κ3) is 3.75. The summed E-state index contributed by atoms with van der Waals surface area (Å²) < 4.78 is 0. The highest BCUT2D eigenvalue weighted by Crippen LogP contribution is 2.20. The molecule has 104 valence electrons. The zero-order valence-electron chi connectivity index (χ0n) is 11.5. The van der Waals surface area contributed by atoms with Gasteiger partial charge in [0.05, 0.1) is 5.69 Å². The molecule has 1 aliphatic rings. The molecule has 1 aliphatic heterocycles. The van der Waals surface area contributed by atoms with Gasteiger partial charge in [-0.25, -0.2) is 9.78 Å². The van der Waals surface area contributed by atoms with E-state index in [2.05, 4.69) is 28.9 Å². The van der Waals surface area contributed by atoms with Crippen LogP contribution in [-0.2, 0) is 6.54 Å². The van der Waals surface area contributed by atoms with Gasteiger partial charge in [0.15, 0.2) is 0 Å². The van der Waals surface area contributed by atoms with E-state index in [1.807, 2.05) is 6.07 Å². The van der Waals surface area contributed by atoms with Gasteiger partial charge in [-0.05, 0) is 45.6 Å². The Morgan fingerprint density at radius 1 is 1.53 bits per heavy atom. The molecule has 0 radical (unpaired) electrons. The van der Waals surface area contributed by atoms with Crippen LogP contribution in [0.1, 0.15) is 29.0 Å². The first kappa shape index (κ1) is 14.0. The van der Waals surface area contributed by atoms with E-state index in [0.717, 1.165) is 25.3 Å². The summed E-state index contributed by atoms with van der Waals surface area (Å²) in [4.78, 5) is 19.7. The lowest BCUT2D eigenvalue weighted by molar-refractivity contribution is 0.0690. The first-order valence-electron chi connectivity index (χ1n) is 6.64. The second-order valence-corrected chi connectivity index (χ2v) is 5.35. The Kier molecular flexibility index (Phi) is 4.50. The van der Waals surface area contributed by atoms with E-state index in [0.29, 0.717) is 6.04 Å². The molecule has 5 nitrogen and oxygen atoms in total. The predicted octanol–water partition coefficient (Wildman–Crippen LogP) is 1.31. The highest BCUT2D eigenvalue weighted by atomic mass is 16.4. The zero-order valence-corrected chi connectivity index (χ0v) is 11.5. The number of likely N-dealkylation sites (N-methyl/N-ethyl adjacent to an activating group) is 1. The maximum absolute atomic E-state index is 10.9. The van der Waals surface area contributed by atoms with Gasteiger partial charge in [0, 0.05) is 19.1 Å². The first-order chi connectivity index (χ1) is 9.06. The molecule has 1 fully saturated rings. The number of hydrogen-bond donors (Lipinski definition) is 1. The SMILES string of the molecule is CN(C)CC1CCCN1Cc1cccc(C(=O)O)n1. The molecule has 0 bridgehead atoms. The number of likely N-dealkylation sites (tertiary alicyclic amines) is 1. The monoisotopic (exact) mass is 263 g/mol. The van der Waals surface area contributed by atoms with E-state index in [-0.39, 0.29) is 5.69 Å². The van der Waals surface area contributed by atoms with Crippen LogP contribution in [0.15, 0.2) is 18.2 Å². The number of aromatic carboxylic acids is 1. The molecule has 5 heteroatoms. The highest BCUT2D eigenvalue weighted by Gasteiger charge is 2.25. The summed E-state index contributed by atoms with van der Waals surface area (Å²) in [5.41, 5.74) is 0.964. The molecule has 1 saturated heterocycles. The molecular weight excluding hydrogens is 242 g/mol. The number of nitrogens with zero attached hydrogens (tertiary/aromatic N) is 3. The van der Waals surface area contributed by atoms with Crippen molar-refractivity contribution >= 4 is 5.97 Å². The molecular formula is C14H21N3O2. The van der Waals surface area contributed by atoms with Gasteiger partial charge in [-0.1, -0.05) is 6.07 Å². The van der Waals surface area contributed by atoms with Crippen LogP contribution in [0, 0.1) is 0 Å². The minimum Gasteiger partial charge on any atom is -0.477 e. The lowest BCUT2D eigenvalue weighted by atomic mass is 10.2. The molecule has 1 aromatic rings. The Labute approximate surface area is 113 Å². The summed E-state index contributed by atoms with van der Waals surface area (Å²) in [7, 11) is 4.17. The van der Waals surface area contributed by atoms with Crippen molar-refractivity contribution in [2.75, 3.05) is 27.2 Å². The van der Waals surface area contributed by atoms with E-state index in [1.165, 1.54) is 18.9 Å². The van der Waals surface area contributed by atoms with Gasteiger partial charge in [0.2, 0.25) is 0 Å². The molecule has 0 aliphatic carbocycles. The summed E-state index contributed by atoms with van der Waals surface area (Å²) in [6.07, 6.45) is 2.41. The van der Waals surface area contributed by atoms with Gasteiger partial charge >= 0.3 is 5.97 Å². The molecule has 19 heavy (non-hydrogen) atoms. The Morgan fingerprint density at radius 2 is 2.32 bits per heavy atom. The quantitative estimate of drug-likeness (QED) is 0.868. The normalized spacial score (nSPS) is 20.1. The summed E-state index contributed by atoms with van der Waals surface area (Å²) in [5.74, 6) is -0.965. The van der Waals surface area contributed by atoms with E-state index in [1.54, 1.807) is 6.07 Å². The molecule has 0 saturated carbocycles. The number of carboxylic acid groups (broad SMARTS) is 1. The minimum atomic E-state index is -0.965.